The fourth-order valence-corrected chi connectivity index (χ4v) is 2.24. The first-order valence-corrected chi connectivity index (χ1v) is 6.04. The van der Waals surface area contributed by atoms with Crippen molar-refractivity contribution >= 4 is 0 Å². The van der Waals surface area contributed by atoms with Gasteiger partial charge in [0, 0.05) is 0 Å². The quantitative estimate of drug-likeness (QED) is 0.520. The maximum absolute atomic E-state index is 2.48. The highest BCUT2D eigenvalue weighted by Gasteiger charge is 2.11. The predicted molar refractivity (Wildman–Crippen MR) is 59.9 cm³/mol. The van der Waals surface area contributed by atoms with Crippen LogP contribution in [0.4, 0.5) is 0 Å². The standard InChI is InChI=1S/C13H24/c1-3-5-8-12(4-2)11-13-9-6-7-10-13/h9,12H,3-8,10-11H2,1-2H3. The topological polar surface area (TPSA) is 0 Å². The number of allylic oxidation sites excluding steroid dienone is 2. The fourth-order valence-electron chi connectivity index (χ4n) is 2.24. The molecule has 0 saturated heterocycles. The summed E-state index contributed by atoms with van der Waals surface area (Å²) in [6, 6.07) is 0. The van der Waals surface area contributed by atoms with Gasteiger partial charge >= 0.3 is 0 Å². The zero-order valence-electron chi connectivity index (χ0n) is 9.31. The van der Waals surface area contributed by atoms with Crippen LogP contribution in [0.25, 0.3) is 0 Å². The van der Waals surface area contributed by atoms with Crippen LogP contribution in [-0.2, 0) is 0 Å². The summed E-state index contributed by atoms with van der Waals surface area (Å²) in [6.45, 7) is 4.64. The Labute approximate surface area is 83.4 Å². The van der Waals surface area contributed by atoms with E-state index in [1.54, 1.807) is 5.57 Å². The molecule has 1 rings (SSSR count). The van der Waals surface area contributed by atoms with Gasteiger partial charge < -0.3 is 0 Å². The molecular weight excluding hydrogens is 156 g/mol. The molecule has 0 heterocycles. The number of hydrogen-bond donors (Lipinski definition) is 0. The Morgan fingerprint density at radius 1 is 1.38 bits per heavy atom. The normalized spacial score (nSPS) is 18.8. The second-order valence-electron chi connectivity index (χ2n) is 4.38. The van der Waals surface area contributed by atoms with E-state index in [-0.39, 0.29) is 0 Å². The summed E-state index contributed by atoms with van der Waals surface area (Å²) in [4.78, 5) is 0. The summed E-state index contributed by atoms with van der Waals surface area (Å²) in [5, 5.41) is 0. The molecule has 0 aromatic rings. The smallest absolute Gasteiger partial charge is 0.0292 e. The Kier molecular flexibility index (Phi) is 5.19. The third kappa shape index (κ3) is 3.97. The molecule has 1 aliphatic carbocycles. The van der Waals surface area contributed by atoms with Gasteiger partial charge in [-0.15, -0.1) is 0 Å². The third-order valence-electron chi connectivity index (χ3n) is 3.23. The summed E-state index contributed by atoms with van der Waals surface area (Å²) >= 11 is 0. The van der Waals surface area contributed by atoms with Gasteiger partial charge in [0.05, 0.1) is 0 Å². The monoisotopic (exact) mass is 180 g/mol. The highest BCUT2D eigenvalue weighted by molar-refractivity contribution is 5.08. The van der Waals surface area contributed by atoms with E-state index in [4.69, 9.17) is 0 Å². The molecule has 1 atom stereocenters. The number of rotatable bonds is 6. The molecule has 0 aromatic carbocycles. The zero-order valence-corrected chi connectivity index (χ0v) is 9.31. The molecule has 0 heteroatoms. The van der Waals surface area contributed by atoms with Gasteiger partial charge in [-0.25, -0.2) is 0 Å². The maximum Gasteiger partial charge on any atom is -0.0292 e. The number of hydrogen-bond acceptors (Lipinski definition) is 0. The molecule has 0 nitrogen and oxygen atoms in total. The van der Waals surface area contributed by atoms with E-state index < -0.39 is 0 Å². The second kappa shape index (κ2) is 6.23. The zero-order chi connectivity index (χ0) is 9.52. The van der Waals surface area contributed by atoms with Crippen molar-refractivity contribution in [2.24, 2.45) is 5.92 Å². The maximum atomic E-state index is 2.48. The van der Waals surface area contributed by atoms with Crippen LogP contribution < -0.4 is 0 Å². The van der Waals surface area contributed by atoms with E-state index >= 15 is 0 Å². The summed E-state index contributed by atoms with van der Waals surface area (Å²) in [6.07, 6.45) is 13.6. The predicted octanol–water partition coefficient (Wildman–Crippen LogP) is 4.70. The molecule has 13 heavy (non-hydrogen) atoms. The van der Waals surface area contributed by atoms with Crippen LogP contribution in [0.1, 0.15) is 65.2 Å². The lowest BCUT2D eigenvalue weighted by Crippen LogP contribution is -1.99. The molecule has 0 bridgehead atoms. The van der Waals surface area contributed by atoms with E-state index in [1.165, 1.54) is 51.4 Å². The summed E-state index contributed by atoms with van der Waals surface area (Å²) < 4.78 is 0. The van der Waals surface area contributed by atoms with E-state index in [0.29, 0.717) is 0 Å². The van der Waals surface area contributed by atoms with Gasteiger partial charge in [0.2, 0.25) is 0 Å². The summed E-state index contributed by atoms with van der Waals surface area (Å²) in [7, 11) is 0. The molecule has 0 N–H and O–H groups in total. The Hall–Kier alpha value is -0.260. The molecule has 1 unspecified atom stereocenters. The minimum absolute atomic E-state index is 0.976. The van der Waals surface area contributed by atoms with Gasteiger partial charge in [-0.1, -0.05) is 51.2 Å². The minimum atomic E-state index is 0.976. The average Bonchev–Trinajstić information content (AvgIpc) is 2.64. The fraction of sp³-hybridized carbons (Fsp3) is 0.846. The molecular formula is C13H24. The van der Waals surface area contributed by atoms with Gasteiger partial charge in [0.25, 0.3) is 0 Å². The van der Waals surface area contributed by atoms with Crippen molar-refractivity contribution in [3.8, 4) is 0 Å². The largest absolute Gasteiger partial charge is 0.0853 e. The van der Waals surface area contributed by atoms with Crippen LogP contribution >= 0.6 is 0 Å². The summed E-state index contributed by atoms with van der Waals surface area (Å²) in [5.41, 5.74) is 1.75. The van der Waals surface area contributed by atoms with E-state index in [1.807, 2.05) is 0 Å². The van der Waals surface area contributed by atoms with Gasteiger partial charge in [-0.3, -0.25) is 0 Å². The second-order valence-corrected chi connectivity index (χ2v) is 4.38. The van der Waals surface area contributed by atoms with Crippen molar-refractivity contribution in [3.63, 3.8) is 0 Å². The molecule has 1 aliphatic rings. The highest BCUT2D eigenvalue weighted by atomic mass is 14.2. The van der Waals surface area contributed by atoms with Crippen molar-refractivity contribution in [3.05, 3.63) is 11.6 Å². The van der Waals surface area contributed by atoms with Gasteiger partial charge in [0.1, 0.15) is 0 Å². The van der Waals surface area contributed by atoms with Crippen LogP contribution in [0.2, 0.25) is 0 Å². The molecule has 0 saturated carbocycles. The summed E-state index contributed by atoms with van der Waals surface area (Å²) in [5.74, 6) is 0.976. The lowest BCUT2D eigenvalue weighted by molar-refractivity contribution is 0.444. The van der Waals surface area contributed by atoms with Gasteiger partial charge in [-0.2, -0.15) is 0 Å². The Morgan fingerprint density at radius 3 is 2.77 bits per heavy atom. The molecule has 0 aromatic heterocycles. The Balaban J connectivity index is 2.21. The van der Waals surface area contributed by atoms with Crippen LogP contribution in [0.15, 0.2) is 11.6 Å². The molecule has 76 valence electrons. The van der Waals surface area contributed by atoms with Crippen molar-refractivity contribution in [1.29, 1.82) is 0 Å². The average molecular weight is 180 g/mol. The van der Waals surface area contributed by atoms with Crippen LogP contribution in [0, 0.1) is 5.92 Å². The molecule has 0 radical (unpaired) electrons. The Morgan fingerprint density at radius 2 is 2.23 bits per heavy atom. The van der Waals surface area contributed by atoms with Crippen molar-refractivity contribution in [2.45, 2.75) is 65.2 Å². The Bertz CT molecular complexity index is 155. The third-order valence-corrected chi connectivity index (χ3v) is 3.23. The first kappa shape index (κ1) is 10.8. The lowest BCUT2D eigenvalue weighted by atomic mass is 9.92. The minimum Gasteiger partial charge on any atom is -0.0853 e. The van der Waals surface area contributed by atoms with Gasteiger partial charge in [0.15, 0.2) is 0 Å². The number of unbranched alkanes of at least 4 members (excludes halogenated alkanes) is 1. The highest BCUT2D eigenvalue weighted by Crippen LogP contribution is 2.28. The lowest BCUT2D eigenvalue weighted by Gasteiger charge is -2.14. The van der Waals surface area contributed by atoms with Gasteiger partial charge in [-0.05, 0) is 31.6 Å². The van der Waals surface area contributed by atoms with Crippen molar-refractivity contribution in [1.82, 2.24) is 0 Å². The van der Waals surface area contributed by atoms with Crippen LogP contribution in [0.3, 0.4) is 0 Å². The molecule has 0 aliphatic heterocycles. The van der Waals surface area contributed by atoms with E-state index in [9.17, 15) is 0 Å². The molecule has 0 spiro atoms. The first-order chi connectivity index (χ1) is 6.36. The van der Waals surface area contributed by atoms with Crippen LogP contribution in [-0.4, -0.2) is 0 Å². The van der Waals surface area contributed by atoms with Crippen molar-refractivity contribution in [2.75, 3.05) is 0 Å². The molecule has 0 fully saturated rings. The van der Waals surface area contributed by atoms with E-state index in [0.717, 1.165) is 5.92 Å². The van der Waals surface area contributed by atoms with Crippen molar-refractivity contribution < 1.29 is 0 Å². The SMILES string of the molecule is CCCCC(CC)CC1=CCCC1. The first-order valence-electron chi connectivity index (χ1n) is 6.04. The molecule has 0 amide bonds. The van der Waals surface area contributed by atoms with E-state index in [2.05, 4.69) is 19.9 Å². The van der Waals surface area contributed by atoms with Crippen LogP contribution in [0.5, 0.6) is 0 Å².